The summed E-state index contributed by atoms with van der Waals surface area (Å²) in [6.45, 7) is 8.03. The molecule has 2 heterocycles. The van der Waals surface area contributed by atoms with Crippen LogP contribution >= 0.6 is 0 Å². The summed E-state index contributed by atoms with van der Waals surface area (Å²) in [5, 5.41) is 0. The Labute approximate surface area is 114 Å². The van der Waals surface area contributed by atoms with Crippen LogP contribution in [-0.4, -0.2) is 30.4 Å². The van der Waals surface area contributed by atoms with E-state index >= 15 is 0 Å². The van der Waals surface area contributed by atoms with Gasteiger partial charge >= 0.3 is 7.12 Å². The molecule has 1 aromatic rings. The van der Waals surface area contributed by atoms with Gasteiger partial charge in [-0.25, -0.2) is 4.98 Å². The Balaban J connectivity index is 2.37. The van der Waals surface area contributed by atoms with Crippen molar-refractivity contribution in [3.05, 3.63) is 17.8 Å². The fraction of sp³-hybridized carbons (Fsp3) is 0.500. The summed E-state index contributed by atoms with van der Waals surface area (Å²) in [7, 11) is 1.09. The molecule has 19 heavy (non-hydrogen) atoms. The van der Waals surface area contributed by atoms with Gasteiger partial charge in [0.15, 0.2) is 0 Å². The maximum atomic E-state index is 5.97. The van der Waals surface area contributed by atoms with Crippen molar-refractivity contribution in [1.82, 2.24) is 4.98 Å². The van der Waals surface area contributed by atoms with Crippen molar-refractivity contribution in [3.8, 4) is 18.2 Å². The number of hydrogen-bond donors (Lipinski definition) is 0. The molecule has 0 unspecified atom stereocenters. The predicted octanol–water partition coefficient (Wildman–Crippen LogP) is 1.37. The maximum Gasteiger partial charge on any atom is 0.495 e. The normalized spacial score (nSPS) is 20.1. The number of terminal acetylenes is 1. The lowest BCUT2D eigenvalue weighted by Gasteiger charge is -2.32. The highest BCUT2D eigenvalue weighted by Crippen LogP contribution is 2.36. The average molecular weight is 259 g/mol. The molecule has 0 N–H and O–H groups in total. The zero-order chi connectivity index (χ0) is 14.3. The molecule has 0 atom stereocenters. The van der Waals surface area contributed by atoms with Crippen LogP contribution < -0.4 is 10.2 Å². The Hall–Kier alpha value is -1.51. The van der Waals surface area contributed by atoms with E-state index in [0.717, 1.165) is 5.46 Å². The minimum absolute atomic E-state index is 0.384. The van der Waals surface area contributed by atoms with Gasteiger partial charge in [0.05, 0.1) is 18.3 Å². The zero-order valence-electron chi connectivity index (χ0n) is 12.0. The van der Waals surface area contributed by atoms with Gasteiger partial charge in [0, 0.05) is 6.07 Å². The smallest absolute Gasteiger partial charge is 0.481 e. The van der Waals surface area contributed by atoms with E-state index in [1.54, 1.807) is 19.2 Å². The molecule has 0 bridgehead atoms. The number of rotatable bonds is 2. The minimum atomic E-state index is -0.464. The van der Waals surface area contributed by atoms with Crippen molar-refractivity contribution in [2.75, 3.05) is 7.11 Å². The van der Waals surface area contributed by atoms with E-state index in [-0.39, 0.29) is 11.2 Å². The zero-order valence-corrected chi connectivity index (χ0v) is 12.0. The second-order valence-electron chi connectivity index (χ2n) is 5.56. The predicted molar refractivity (Wildman–Crippen MR) is 74.4 cm³/mol. The average Bonchev–Trinajstić information content (AvgIpc) is 2.58. The largest absolute Gasteiger partial charge is 0.495 e. The van der Waals surface area contributed by atoms with Gasteiger partial charge in [-0.3, -0.25) is 0 Å². The monoisotopic (exact) mass is 259 g/mol. The van der Waals surface area contributed by atoms with Gasteiger partial charge in [-0.2, -0.15) is 0 Å². The van der Waals surface area contributed by atoms with E-state index in [1.807, 2.05) is 27.7 Å². The highest BCUT2D eigenvalue weighted by molar-refractivity contribution is 6.62. The summed E-state index contributed by atoms with van der Waals surface area (Å²) in [6, 6.07) is 3.56. The van der Waals surface area contributed by atoms with Crippen molar-refractivity contribution >= 4 is 12.6 Å². The van der Waals surface area contributed by atoms with E-state index in [4.69, 9.17) is 20.5 Å². The van der Waals surface area contributed by atoms with Gasteiger partial charge < -0.3 is 14.0 Å². The number of nitrogens with zero attached hydrogens (tertiary/aromatic N) is 1. The van der Waals surface area contributed by atoms with Crippen LogP contribution in [-0.2, 0) is 9.31 Å². The molecule has 100 valence electrons. The number of methoxy groups -OCH3 is 1. The molecule has 1 aliphatic rings. The molecule has 1 aromatic heterocycles. The van der Waals surface area contributed by atoms with Crippen molar-refractivity contribution in [1.29, 1.82) is 0 Å². The van der Waals surface area contributed by atoms with E-state index in [9.17, 15) is 0 Å². The molecule has 1 saturated heterocycles. The molecule has 1 aliphatic heterocycles. The van der Waals surface area contributed by atoms with Crippen LogP contribution in [0.1, 0.15) is 33.4 Å². The van der Waals surface area contributed by atoms with Gasteiger partial charge in [-0.15, -0.1) is 6.42 Å². The second kappa shape index (κ2) is 4.55. The van der Waals surface area contributed by atoms with Crippen molar-refractivity contribution in [2.24, 2.45) is 0 Å². The van der Waals surface area contributed by atoms with Crippen LogP contribution in [0.15, 0.2) is 12.1 Å². The topological polar surface area (TPSA) is 40.6 Å². The quantitative estimate of drug-likeness (QED) is 0.594. The highest BCUT2D eigenvalue weighted by atomic mass is 16.7. The van der Waals surface area contributed by atoms with Gasteiger partial charge in [0.1, 0.15) is 5.69 Å². The third-order valence-electron chi connectivity index (χ3n) is 3.71. The van der Waals surface area contributed by atoms with Gasteiger partial charge in [0.2, 0.25) is 5.88 Å². The molecule has 2 rings (SSSR count). The first kappa shape index (κ1) is 13.9. The molecule has 5 heteroatoms. The molecular weight excluding hydrogens is 241 g/mol. The molecule has 0 radical (unpaired) electrons. The van der Waals surface area contributed by atoms with Crippen LogP contribution in [0.5, 0.6) is 5.88 Å². The lowest BCUT2D eigenvalue weighted by molar-refractivity contribution is 0.00578. The first-order valence-electron chi connectivity index (χ1n) is 6.17. The number of pyridine rings is 1. The lowest BCUT2D eigenvalue weighted by atomic mass is 9.79. The van der Waals surface area contributed by atoms with Crippen LogP contribution in [0.4, 0.5) is 0 Å². The van der Waals surface area contributed by atoms with Crippen LogP contribution in [0.3, 0.4) is 0 Å². The molecule has 0 amide bonds. The number of hydrogen-bond acceptors (Lipinski definition) is 4. The highest BCUT2D eigenvalue weighted by Gasteiger charge is 2.51. The van der Waals surface area contributed by atoms with E-state index < -0.39 is 7.12 Å². The summed E-state index contributed by atoms with van der Waals surface area (Å²) in [5.74, 6) is 2.96. The number of aromatic nitrogens is 1. The first-order chi connectivity index (χ1) is 8.79. The summed E-state index contributed by atoms with van der Waals surface area (Å²) >= 11 is 0. The Morgan fingerprint density at radius 1 is 1.21 bits per heavy atom. The Morgan fingerprint density at radius 2 is 1.79 bits per heavy atom. The summed E-state index contributed by atoms with van der Waals surface area (Å²) in [5.41, 5.74) is 0.553. The summed E-state index contributed by atoms with van der Waals surface area (Å²) in [6.07, 6.45) is 5.40. The fourth-order valence-corrected chi connectivity index (χ4v) is 1.82. The SMILES string of the molecule is C#Cc1cc(B2OC(C)(C)C(C)(C)O2)cc(OC)n1. The Morgan fingerprint density at radius 3 is 2.26 bits per heavy atom. The lowest BCUT2D eigenvalue weighted by Crippen LogP contribution is -2.41. The maximum absolute atomic E-state index is 5.97. The fourth-order valence-electron chi connectivity index (χ4n) is 1.82. The third-order valence-corrected chi connectivity index (χ3v) is 3.71. The molecule has 4 nitrogen and oxygen atoms in total. The Kier molecular flexibility index (Phi) is 3.33. The van der Waals surface area contributed by atoms with Crippen LogP contribution in [0, 0.1) is 12.3 Å². The standard InChI is InChI=1S/C14H18BNO3/c1-7-11-8-10(9-12(16-11)17-6)15-18-13(2,3)14(4,5)19-15/h1,8-9H,2-6H3. The number of ether oxygens (including phenoxy) is 1. The van der Waals surface area contributed by atoms with Crippen LogP contribution in [0.25, 0.3) is 0 Å². The summed E-state index contributed by atoms with van der Waals surface area (Å²) in [4.78, 5) is 4.15. The second-order valence-corrected chi connectivity index (χ2v) is 5.56. The van der Waals surface area contributed by atoms with Gasteiger partial charge in [-0.05, 0) is 39.2 Å². The van der Waals surface area contributed by atoms with Gasteiger partial charge in [-0.1, -0.05) is 5.92 Å². The van der Waals surface area contributed by atoms with Crippen molar-refractivity contribution < 1.29 is 14.0 Å². The van der Waals surface area contributed by atoms with Crippen LogP contribution in [0.2, 0.25) is 0 Å². The first-order valence-corrected chi connectivity index (χ1v) is 6.17. The molecular formula is C14H18BNO3. The van der Waals surface area contributed by atoms with E-state index in [2.05, 4.69) is 10.9 Å². The summed E-state index contributed by atoms with van der Waals surface area (Å²) < 4.78 is 17.1. The minimum Gasteiger partial charge on any atom is -0.481 e. The Bertz CT molecular complexity index is 518. The third kappa shape index (κ3) is 2.47. The molecule has 0 saturated carbocycles. The van der Waals surface area contributed by atoms with Crippen molar-refractivity contribution in [2.45, 2.75) is 38.9 Å². The molecule has 0 spiro atoms. The van der Waals surface area contributed by atoms with Gasteiger partial charge in [0.25, 0.3) is 0 Å². The molecule has 0 aromatic carbocycles. The van der Waals surface area contributed by atoms with E-state index in [0.29, 0.717) is 11.6 Å². The van der Waals surface area contributed by atoms with Crippen molar-refractivity contribution in [3.63, 3.8) is 0 Å². The van der Waals surface area contributed by atoms with E-state index in [1.165, 1.54) is 0 Å². The molecule has 1 fully saturated rings. The molecule has 0 aliphatic carbocycles.